The summed E-state index contributed by atoms with van der Waals surface area (Å²) in [6, 6.07) is 24.8. The first kappa shape index (κ1) is 18.8. The van der Waals surface area contributed by atoms with Crippen LogP contribution in [0.15, 0.2) is 79.0 Å². The van der Waals surface area contributed by atoms with Crippen molar-refractivity contribution >= 4 is 23.2 Å². The van der Waals surface area contributed by atoms with Crippen LogP contribution in [0, 0.1) is 0 Å². The first-order valence-corrected chi connectivity index (χ1v) is 10.6. The van der Waals surface area contributed by atoms with E-state index in [2.05, 4.69) is 46.3 Å². The van der Waals surface area contributed by atoms with Gasteiger partial charge in [-0.15, -0.1) is 0 Å². The number of fused-ring (bicyclic) bond motifs is 1. The fraction of sp³-hybridized carbons (Fsp3) is 0.231. The normalized spacial score (nSPS) is 18.7. The number of anilines is 1. The van der Waals surface area contributed by atoms with Crippen molar-refractivity contribution in [2.75, 3.05) is 18.0 Å². The molecule has 0 unspecified atom stereocenters. The smallest absolute Gasteiger partial charge is 0.259 e. The predicted molar refractivity (Wildman–Crippen MR) is 121 cm³/mol. The highest BCUT2D eigenvalue weighted by Gasteiger charge is 2.37. The van der Waals surface area contributed by atoms with Gasteiger partial charge in [-0.2, -0.15) is 0 Å². The van der Waals surface area contributed by atoms with E-state index in [9.17, 15) is 4.79 Å². The van der Waals surface area contributed by atoms with E-state index in [0.29, 0.717) is 0 Å². The van der Waals surface area contributed by atoms with Gasteiger partial charge in [0.2, 0.25) is 0 Å². The van der Waals surface area contributed by atoms with Gasteiger partial charge in [-0.3, -0.25) is 14.7 Å². The molecule has 0 N–H and O–H groups in total. The van der Waals surface area contributed by atoms with Gasteiger partial charge in [0, 0.05) is 37.4 Å². The van der Waals surface area contributed by atoms with Crippen LogP contribution >= 0.6 is 0 Å². The molecule has 3 aromatic rings. The average Bonchev–Trinajstić information content (AvgIpc) is 3.07. The lowest BCUT2D eigenvalue weighted by Crippen LogP contribution is -2.46. The zero-order chi connectivity index (χ0) is 20.3. The van der Waals surface area contributed by atoms with Crippen molar-refractivity contribution in [2.45, 2.75) is 25.4 Å². The Hall–Kier alpha value is -3.24. The second-order valence-electron chi connectivity index (χ2n) is 8.00. The Labute approximate surface area is 177 Å². The topological polar surface area (TPSA) is 36.4 Å². The molecule has 0 atom stereocenters. The molecule has 0 bridgehead atoms. The van der Waals surface area contributed by atoms with Crippen molar-refractivity contribution in [2.24, 2.45) is 0 Å². The van der Waals surface area contributed by atoms with Gasteiger partial charge in [0.1, 0.15) is 0 Å². The molecule has 2 aliphatic heterocycles. The number of para-hydroxylation sites is 1. The molecule has 30 heavy (non-hydrogen) atoms. The number of benzene rings is 2. The van der Waals surface area contributed by atoms with Crippen LogP contribution in [0.5, 0.6) is 0 Å². The third-order valence-electron chi connectivity index (χ3n) is 6.05. The summed E-state index contributed by atoms with van der Waals surface area (Å²) in [5, 5.41) is 0. The third-order valence-corrected chi connectivity index (χ3v) is 6.05. The zero-order valence-electron chi connectivity index (χ0n) is 16.9. The monoisotopic (exact) mass is 395 g/mol. The Balaban J connectivity index is 1.35. The van der Waals surface area contributed by atoms with Crippen LogP contribution in [0.25, 0.3) is 11.6 Å². The molecule has 0 spiro atoms. The fourth-order valence-corrected chi connectivity index (χ4v) is 4.55. The number of carbonyl (C=O) groups is 1. The Morgan fingerprint density at radius 1 is 0.900 bits per heavy atom. The average molecular weight is 396 g/mol. The molecular formula is C26H25N3O. The molecule has 0 radical (unpaired) electrons. The van der Waals surface area contributed by atoms with E-state index in [1.165, 1.54) is 5.56 Å². The Kier molecular flexibility index (Phi) is 5.16. The maximum atomic E-state index is 13.5. The van der Waals surface area contributed by atoms with E-state index in [-0.39, 0.29) is 11.9 Å². The highest BCUT2D eigenvalue weighted by molar-refractivity contribution is 6.35. The number of rotatable bonds is 4. The van der Waals surface area contributed by atoms with Crippen LogP contribution in [0.2, 0.25) is 0 Å². The van der Waals surface area contributed by atoms with Crippen LogP contribution in [-0.4, -0.2) is 34.9 Å². The molecule has 0 saturated carbocycles. The summed E-state index contributed by atoms with van der Waals surface area (Å²) in [5.74, 6) is 0.100. The van der Waals surface area contributed by atoms with E-state index in [4.69, 9.17) is 0 Å². The molecule has 5 rings (SSSR count). The highest BCUT2D eigenvalue weighted by Crippen LogP contribution is 2.40. The highest BCUT2D eigenvalue weighted by atomic mass is 16.2. The fourth-order valence-electron chi connectivity index (χ4n) is 4.55. The van der Waals surface area contributed by atoms with Crippen molar-refractivity contribution in [3.8, 4) is 0 Å². The minimum Gasteiger partial charge on any atom is -0.305 e. The van der Waals surface area contributed by atoms with Crippen LogP contribution in [0.1, 0.15) is 29.7 Å². The minimum atomic E-state index is 0.100. The molecule has 3 heterocycles. The minimum absolute atomic E-state index is 0.100. The SMILES string of the molecule is O=C1C(=Cc2ccccn2)c2ccccc2N1C1CCN(Cc2ccccc2)CC1. The number of carbonyl (C=O) groups excluding carboxylic acids is 1. The van der Waals surface area contributed by atoms with Gasteiger partial charge in [-0.05, 0) is 42.7 Å². The van der Waals surface area contributed by atoms with Crippen LogP contribution in [-0.2, 0) is 11.3 Å². The Morgan fingerprint density at radius 3 is 2.40 bits per heavy atom. The van der Waals surface area contributed by atoms with Gasteiger partial charge in [-0.25, -0.2) is 0 Å². The molecule has 2 aromatic carbocycles. The molecule has 150 valence electrons. The molecule has 4 heteroatoms. The lowest BCUT2D eigenvalue weighted by Gasteiger charge is -2.37. The van der Waals surface area contributed by atoms with Crippen molar-refractivity contribution in [1.29, 1.82) is 0 Å². The van der Waals surface area contributed by atoms with Crippen LogP contribution in [0.3, 0.4) is 0 Å². The van der Waals surface area contributed by atoms with Crippen molar-refractivity contribution in [3.05, 3.63) is 95.8 Å². The van der Waals surface area contributed by atoms with E-state index < -0.39 is 0 Å². The van der Waals surface area contributed by atoms with Crippen molar-refractivity contribution in [3.63, 3.8) is 0 Å². The molecule has 1 amide bonds. The number of pyridine rings is 1. The lowest BCUT2D eigenvalue weighted by atomic mass is 10.0. The van der Waals surface area contributed by atoms with Gasteiger partial charge >= 0.3 is 0 Å². The molecular weight excluding hydrogens is 370 g/mol. The second kappa shape index (κ2) is 8.25. The zero-order valence-corrected chi connectivity index (χ0v) is 16.9. The molecule has 1 aromatic heterocycles. The predicted octanol–water partition coefficient (Wildman–Crippen LogP) is 4.63. The summed E-state index contributed by atoms with van der Waals surface area (Å²) >= 11 is 0. The van der Waals surface area contributed by atoms with Gasteiger partial charge in [0.25, 0.3) is 5.91 Å². The largest absolute Gasteiger partial charge is 0.305 e. The molecule has 1 saturated heterocycles. The molecule has 4 nitrogen and oxygen atoms in total. The first-order valence-electron chi connectivity index (χ1n) is 10.6. The molecule has 0 aliphatic carbocycles. The maximum Gasteiger partial charge on any atom is 0.259 e. The number of hydrogen-bond donors (Lipinski definition) is 0. The summed E-state index contributed by atoms with van der Waals surface area (Å²) < 4.78 is 0. The number of amides is 1. The van der Waals surface area contributed by atoms with E-state index in [0.717, 1.165) is 55.0 Å². The third kappa shape index (κ3) is 3.66. The number of aromatic nitrogens is 1. The maximum absolute atomic E-state index is 13.5. The first-order chi connectivity index (χ1) is 14.8. The molecule has 1 fully saturated rings. The van der Waals surface area contributed by atoms with Crippen LogP contribution in [0.4, 0.5) is 5.69 Å². The standard InChI is InChI=1S/C26H25N3O/c30-26-24(18-21-10-6-7-15-27-21)23-11-4-5-12-25(23)29(26)22-13-16-28(17-14-22)19-20-8-2-1-3-9-20/h1-12,15,18,22H,13-14,16-17,19H2. The summed E-state index contributed by atoms with van der Waals surface area (Å²) in [5.41, 5.74) is 4.95. The van der Waals surface area contributed by atoms with Gasteiger partial charge < -0.3 is 4.90 Å². The number of hydrogen-bond acceptors (Lipinski definition) is 3. The summed E-state index contributed by atoms with van der Waals surface area (Å²) in [6.45, 7) is 2.98. The van der Waals surface area contributed by atoms with E-state index >= 15 is 0 Å². The van der Waals surface area contributed by atoms with Gasteiger partial charge in [0.05, 0.1) is 17.0 Å². The number of likely N-dealkylation sites (tertiary alicyclic amines) is 1. The molecule has 2 aliphatic rings. The number of nitrogens with zero attached hydrogens (tertiary/aromatic N) is 3. The summed E-state index contributed by atoms with van der Waals surface area (Å²) in [4.78, 5) is 22.4. The number of piperidine rings is 1. The van der Waals surface area contributed by atoms with Gasteiger partial charge in [0.15, 0.2) is 0 Å². The van der Waals surface area contributed by atoms with E-state index in [1.54, 1.807) is 6.20 Å². The van der Waals surface area contributed by atoms with Crippen molar-refractivity contribution < 1.29 is 4.79 Å². The van der Waals surface area contributed by atoms with Crippen LogP contribution < -0.4 is 4.90 Å². The van der Waals surface area contributed by atoms with Gasteiger partial charge in [-0.1, -0.05) is 54.6 Å². The Morgan fingerprint density at radius 2 is 1.63 bits per heavy atom. The quantitative estimate of drug-likeness (QED) is 0.604. The summed E-state index contributed by atoms with van der Waals surface area (Å²) in [7, 11) is 0. The Bertz CT molecular complexity index is 1050. The second-order valence-corrected chi connectivity index (χ2v) is 8.00. The lowest BCUT2D eigenvalue weighted by molar-refractivity contribution is -0.113. The van der Waals surface area contributed by atoms with E-state index in [1.807, 2.05) is 47.4 Å². The van der Waals surface area contributed by atoms with Crippen molar-refractivity contribution in [1.82, 2.24) is 9.88 Å². The summed E-state index contributed by atoms with van der Waals surface area (Å²) in [6.07, 6.45) is 5.66.